The number of ether oxygens (including phenoxy) is 3. The summed E-state index contributed by atoms with van der Waals surface area (Å²) in [6.45, 7) is 1.97. The number of anilines is 1. The number of carbonyl (C=O) groups is 2. The maximum atomic E-state index is 12.9. The lowest BCUT2D eigenvalue weighted by Crippen LogP contribution is -2.36. The highest BCUT2D eigenvalue weighted by molar-refractivity contribution is 7.61. The van der Waals surface area contributed by atoms with Crippen LogP contribution < -0.4 is 11.4 Å². The molecule has 1 aliphatic heterocycles. The number of nitrogens with zero attached hydrogens (tertiary/aromatic N) is 2. The van der Waals surface area contributed by atoms with Crippen molar-refractivity contribution in [2.24, 2.45) is 0 Å². The van der Waals surface area contributed by atoms with Crippen LogP contribution in [0.1, 0.15) is 161 Å². The molecule has 0 saturated carbocycles. The van der Waals surface area contributed by atoms with Gasteiger partial charge in [0.15, 0.2) is 12.3 Å². The molecule has 396 valence electrons. The summed E-state index contributed by atoms with van der Waals surface area (Å²) in [6.07, 6.45) is 38.4. The fourth-order valence-electron chi connectivity index (χ4n) is 6.92. The van der Waals surface area contributed by atoms with E-state index in [-0.39, 0.29) is 18.7 Å². The highest BCUT2D eigenvalue weighted by Gasteiger charge is 2.46. The minimum Gasteiger partial charge on any atom is -0.462 e. The maximum absolute atomic E-state index is 12.9. The van der Waals surface area contributed by atoms with Crippen LogP contribution in [0, 0.1) is 0 Å². The minimum absolute atomic E-state index is 0.00590. The summed E-state index contributed by atoms with van der Waals surface area (Å²) in [6, 6.07) is 1.24. The van der Waals surface area contributed by atoms with Gasteiger partial charge in [-0.15, -0.1) is 0 Å². The zero-order valence-electron chi connectivity index (χ0n) is 41.3. The van der Waals surface area contributed by atoms with Crippen LogP contribution in [0.3, 0.4) is 0 Å². The number of aromatic nitrogens is 2. The number of hydrogen-bond donors (Lipinski definition) is 5. The van der Waals surface area contributed by atoms with E-state index in [1.54, 1.807) is 0 Å². The first kappa shape index (κ1) is 62.3. The van der Waals surface area contributed by atoms with Crippen molar-refractivity contribution in [2.45, 2.75) is 186 Å². The van der Waals surface area contributed by atoms with Gasteiger partial charge in [0.25, 0.3) is 0 Å². The van der Waals surface area contributed by atoms with Gasteiger partial charge in [0.2, 0.25) is 0 Å². The Bertz CT molecular complexity index is 1950. The van der Waals surface area contributed by atoms with Crippen molar-refractivity contribution in [3.63, 3.8) is 0 Å². The number of nitrogens with two attached hydrogens (primary N) is 1. The number of carbonyl (C=O) groups excluding carboxylic acids is 2. The van der Waals surface area contributed by atoms with Crippen molar-refractivity contribution in [1.82, 2.24) is 9.55 Å². The molecule has 1 aliphatic rings. The fourth-order valence-corrected chi connectivity index (χ4v) is 9.03. The first-order valence-electron chi connectivity index (χ1n) is 24.9. The maximum Gasteiger partial charge on any atom is 0.481 e. The zero-order chi connectivity index (χ0) is 51.3. The molecule has 0 amide bonds. The summed E-state index contributed by atoms with van der Waals surface area (Å²) in [7, 11) is -10.9. The van der Waals surface area contributed by atoms with Gasteiger partial charge in [-0.1, -0.05) is 132 Å². The third-order valence-electron chi connectivity index (χ3n) is 10.8. The summed E-state index contributed by atoms with van der Waals surface area (Å²) in [5, 5.41) is 20.9. The van der Waals surface area contributed by atoms with Crippen LogP contribution in [0.25, 0.3) is 0 Å². The molecule has 2 heterocycles. The number of aliphatic hydroxyl groups excluding tert-OH is 2. The Morgan fingerprint density at radius 2 is 1.20 bits per heavy atom. The second-order valence-electron chi connectivity index (χ2n) is 16.9. The van der Waals surface area contributed by atoms with Gasteiger partial charge in [0.1, 0.15) is 30.7 Å². The van der Waals surface area contributed by atoms with Gasteiger partial charge in [-0.25, -0.2) is 13.9 Å². The van der Waals surface area contributed by atoms with Crippen molar-refractivity contribution in [3.05, 3.63) is 95.7 Å². The van der Waals surface area contributed by atoms with Gasteiger partial charge in [0, 0.05) is 19.0 Å². The SMILES string of the molecule is CC/C=C\C/C=C\C/C=C\C/C=C\C/C=C\CCCCCC(=O)O[C@H](COC(=O)CCCCCCC/C=C\CCCCCC)COP(=O)(O)OP(=O)(O)OC[C@H]1O[C@@H](n2ccc(N)nc2=O)C(O)[C@H]1O. The normalized spacial score (nSPS) is 19.9. The first-order chi connectivity index (χ1) is 33.7. The molecular formula is C50H81N3O15P2. The Balaban J connectivity index is 1.83. The number of aliphatic hydroxyl groups is 2. The van der Waals surface area contributed by atoms with Crippen LogP contribution in [0.5, 0.6) is 0 Å². The highest BCUT2D eigenvalue weighted by Crippen LogP contribution is 2.60. The Labute approximate surface area is 415 Å². The van der Waals surface area contributed by atoms with Crippen LogP contribution in [-0.4, -0.2) is 85.7 Å². The molecule has 1 aromatic rings. The van der Waals surface area contributed by atoms with E-state index in [0.29, 0.717) is 12.8 Å². The Morgan fingerprint density at radius 3 is 1.79 bits per heavy atom. The molecular weight excluding hydrogens is 945 g/mol. The Morgan fingerprint density at radius 1 is 0.700 bits per heavy atom. The summed E-state index contributed by atoms with van der Waals surface area (Å²) in [5.41, 5.74) is 4.58. The molecule has 7 atom stereocenters. The van der Waals surface area contributed by atoms with Crippen molar-refractivity contribution in [2.75, 3.05) is 25.6 Å². The van der Waals surface area contributed by atoms with Crippen LogP contribution >= 0.6 is 15.6 Å². The molecule has 6 N–H and O–H groups in total. The monoisotopic (exact) mass is 1030 g/mol. The third-order valence-corrected chi connectivity index (χ3v) is 13.4. The summed E-state index contributed by atoms with van der Waals surface area (Å²) >= 11 is 0. The van der Waals surface area contributed by atoms with E-state index in [4.69, 9.17) is 29.0 Å². The Kier molecular flexibility index (Phi) is 33.7. The average molecular weight is 1030 g/mol. The fraction of sp³-hybridized carbons (Fsp3) is 0.640. The predicted octanol–water partition coefficient (Wildman–Crippen LogP) is 10.1. The molecule has 0 aromatic carbocycles. The van der Waals surface area contributed by atoms with E-state index in [1.165, 1.54) is 31.7 Å². The van der Waals surface area contributed by atoms with E-state index in [1.807, 2.05) is 0 Å². The molecule has 70 heavy (non-hydrogen) atoms. The summed E-state index contributed by atoms with van der Waals surface area (Å²) in [5.74, 6) is -1.35. The molecule has 1 saturated heterocycles. The number of phosphoric ester groups is 2. The van der Waals surface area contributed by atoms with Crippen molar-refractivity contribution < 1.29 is 66.3 Å². The standard InChI is InChI=1S/C50H81N3O15P2/c1-3-5-7-9-11-13-15-17-18-19-20-21-22-24-26-28-30-32-34-36-46(55)66-42(39-63-45(54)35-33-31-29-27-25-23-16-14-12-10-8-6-4-2)40-64-69(59,60)68-70(61,62)65-41-43-47(56)48(57)49(67-43)53-38-37-44(51)52-50(53)58/h5,7,11,13-14,16-18,20-21,24,26,37-38,42-43,47-49,56-57H,3-4,6,8-10,12,15,19,22-23,25,27-36,39-41H2,1-2H3,(H,59,60)(H,61,62)(H2,51,52,58)/b7-5-,13-11-,16-14-,18-17-,21-20-,26-24-/t42-,43-,47+,48?,49-/m1/s1. The molecule has 20 heteroatoms. The highest BCUT2D eigenvalue weighted by atomic mass is 31.3. The molecule has 0 bridgehead atoms. The van der Waals surface area contributed by atoms with E-state index < -0.39 is 83.7 Å². The van der Waals surface area contributed by atoms with Crippen LogP contribution in [-0.2, 0) is 46.3 Å². The van der Waals surface area contributed by atoms with Gasteiger partial charge in [-0.05, 0) is 89.5 Å². The van der Waals surface area contributed by atoms with Gasteiger partial charge in [-0.2, -0.15) is 9.29 Å². The van der Waals surface area contributed by atoms with Crippen LogP contribution in [0.15, 0.2) is 90.0 Å². The molecule has 0 radical (unpaired) electrons. The third kappa shape index (κ3) is 30.2. The molecule has 18 nitrogen and oxygen atoms in total. The smallest absolute Gasteiger partial charge is 0.462 e. The second kappa shape index (κ2) is 37.9. The number of allylic oxidation sites excluding steroid dienone is 12. The number of phosphoric acid groups is 2. The molecule has 2 rings (SSSR count). The second-order valence-corrected chi connectivity index (χ2v) is 20.0. The molecule has 0 spiro atoms. The topological polar surface area (TPSA) is 265 Å². The van der Waals surface area contributed by atoms with Crippen molar-refractivity contribution in [3.8, 4) is 0 Å². The number of esters is 2. The number of hydrogen-bond acceptors (Lipinski definition) is 15. The van der Waals surface area contributed by atoms with Gasteiger partial charge in [-0.3, -0.25) is 23.2 Å². The number of unbranched alkanes of at least 4 members (excludes halogenated alkanes) is 12. The molecule has 3 unspecified atom stereocenters. The van der Waals surface area contributed by atoms with E-state index in [2.05, 4.69) is 96.1 Å². The van der Waals surface area contributed by atoms with Crippen molar-refractivity contribution in [1.29, 1.82) is 0 Å². The summed E-state index contributed by atoms with van der Waals surface area (Å²) in [4.78, 5) is 61.9. The lowest BCUT2D eigenvalue weighted by atomic mass is 10.1. The van der Waals surface area contributed by atoms with Gasteiger partial charge in [0.05, 0.1) is 13.2 Å². The van der Waals surface area contributed by atoms with Crippen LogP contribution in [0.2, 0.25) is 0 Å². The molecule has 1 aromatic heterocycles. The van der Waals surface area contributed by atoms with Crippen molar-refractivity contribution >= 4 is 33.4 Å². The van der Waals surface area contributed by atoms with Crippen LogP contribution in [0.4, 0.5) is 5.82 Å². The number of nitrogen functional groups attached to an aromatic ring is 1. The Hall–Kier alpha value is -3.80. The number of rotatable bonds is 40. The van der Waals surface area contributed by atoms with Gasteiger partial charge < -0.3 is 39.9 Å². The quantitative estimate of drug-likeness (QED) is 0.0177. The van der Waals surface area contributed by atoms with E-state index in [0.717, 1.165) is 101 Å². The first-order valence-corrected chi connectivity index (χ1v) is 27.9. The minimum atomic E-state index is -5.43. The summed E-state index contributed by atoms with van der Waals surface area (Å²) < 4.78 is 56.7. The zero-order valence-corrected chi connectivity index (χ0v) is 43.1. The average Bonchev–Trinajstić information content (AvgIpc) is 3.59. The van der Waals surface area contributed by atoms with Gasteiger partial charge >= 0.3 is 33.3 Å². The predicted molar refractivity (Wildman–Crippen MR) is 270 cm³/mol. The molecule has 0 aliphatic carbocycles. The lowest BCUT2D eigenvalue weighted by Gasteiger charge is -2.21. The molecule has 1 fully saturated rings. The largest absolute Gasteiger partial charge is 0.481 e. The lowest BCUT2D eigenvalue weighted by molar-refractivity contribution is -0.161. The van der Waals surface area contributed by atoms with E-state index in [9.17, 15) is 43.5 Å². The van der Waals surface area contributed by atoms with E-state index >= 15 is 0 Å².